The van der Waals surface area contributed by atoms with E-state index in [0.717, 1.165) is 8.95 Å². The molecule has 2 N–H and O–H groups in total. The van der Waals surface area contributed by atoms with E-state index in [4.69, 9.17) is 5.73 Å². The summed E-state index contributed by atoms with van der Waals surface area (Å²) in [7, 11) is 0. The van der Waals surface area contributed by atoms with Gasteiger partial charge in [-0.25, -0.2) is 0 Å². The average Bonchev–Trinajstić information content (AvgIpc) is 2.36. The van der Waals surface area contributed by atoms with Gasteiger partial charge in [-0.05, 0) is 60.7 Å². The standard InChI is InChI=1S/C16H17Br2N/c1-9-8-15(18)10(2)7-13(9)16(19)12-5-4-6-14(17)11(12)3/h4-8,16H,19H2,1-3H3. The van der Waals surface area contributed by atoms with E-state index < -0.39 is 0 Å². The van der Waals surface area contributed by atoms with E-state index in [-0.39, 0.29) is 6.04 Å². The van der Waals surface area contributed by atoms with E-state index in [2.05, 4.69) is 70.8 Å². The van der Waals surface area contributed by atoms with Gasteiger partial charge in [0.15, 0.2) is 0 Å². The fourth-order valence-corrected chi connectivity index (χ4v) is 3.11. The molecule has 2 aromatic carbocycles. The molecular formula is C16H17Br2N. The molecule has 3 heteroatoms. The van der Waals surface area contributed by atoms with Crippen LogP contribution in [0.25, 0.3) is 0 Å². The Hall–Kier alpha value is -0.640. The number of hydrogen-bond acceptors (Lipinski definition) is 1. The topological polar surface area (TPSA) is 26.0 Å². The van der Waals surface area contributed by atoms with Crippen molar-refractivity contribution in [3.8, 4) is 0 Å². The highest BCUT2D eigenvalue weighted by Crippen LogP contribution is 2.31. The third-order valence-electron chi connectivity index (χ3n) is 3.53. The summed E-state index contributed by atoms with van der Waals surface area (Å²) < 4.78 is 2.24. The van der Waals surface area contributed by atoms with Crippen LogP contribution in [0.3, 0.4) is 0 Å². The normalized spacial score (nSPS) is 12.5. The predicted molar refractivity (Wildman–Crippen MR) is 88.5 cm³/mol. The molecule has 0 saturated carbocycles. The van der Waals surface area contributed by atoms with Gasteiger partial charge in [0, 0.05) is 8.95 Å². The molecule has 0 amide bonds. The average molecular weight is 383 g/mol. The van der Waals surface area contributed by atoms with Gasteiger partial charge >= 0.3 is 0 Å². The Kier molecular flexibility index (Phi) is 4.49. The minimum Gasteiger partial charge on any atom is -0.320 e. The van der Waals surface area contributed by atoms with Crippen LogP contribution in [-0.2, 0) is 0 Å². The van der Waals surface area contributed by atoms with Crippen LogP contribution in [0.1, 0.15) is 33.9 Å². The van der Waals surface area contributed by atoms with Crippen molar-refractivity contribution in [2.75, 3.05) is 0 Å². The summed E-state index contributed by atoms with van der Waals surface area (Å²) in [5.74, 6) is 0. The molecule has 19 heavy (non-hydrogen) atoms. The molecule has 0 radical (unpaired) electrons. The lowest BCUT2D eigenvalue weighted by Crippen LogP contribution is -2.15. The van der Waals surface area contributed by atoms with Crippen LogP contribution in [0, 0.1) is 20.8 Å². The molecule has 2 rings (SSSR count). The molecule has 2 aromatic rings. The van der Waals surface area contributed by atoms with Crippen LogP contribution < -0.4 is 5.73 Å². The van der Waals surface area contributed by atoms with Crippen molar-refractivity contribution in [1.82, 2.24) is 0 Å². The number of halogens is 2. The maximum Gasteiger partial charge on any atom is 0.0557 e. The third-order valence-corrected chi connectivity index (χ3v) is 5.24. The van der Waals surface area contributed by atoms with Crippen molar-refractivity contribution < 1.29 is 0 Å². The van der Waals surface area contributed by atoms with Crippen LogP contribution in [0.15, 0.2) is 39.3 Å². The third kappa shape index (κ3) is 2.93. The van der Waals surface area contributed by atoms with E-state index in [1.807, 2.05) is 12.1 Å². The first-order valence-corrected chi connectivity index (χ1v) is 7.77. The second-order valence-corrected chi connectivity index (χ2v) is 6.60. The van der Waals surface area contributed by atoms with E-state index in [1.165, 1.54) is 27.8 Å². The number of nitrogens with two attached hydrogens (primary N) is 1. The summed E-state index contributed by atoms with van der Waals surface area (Å²) in [6, 6.07) is 10.4. The molecule has 1 atom stereocenters. The molecule has 0 aliphatic rings. The lowest BCUT2D eigenvalue weighted by Gasteiger charge is -2.19. The second-order valence-electron chi connectivity index (χ2n) is 4.89. The summed E-state index contributed by atoms with van der Waals surface area (Å²) in [5.41, 5.74) is 12.4. The van der Waals surface area contributed by atoms with E-state index in [9.17, 15) is 0 Å². The molecule has 100 valence electrons. The van der Waals surface area contributed by atoms with Crippen molar-refractivity contribution in [3.05, 3.63) is 67.1 Å². The molecule has 1 unspecified atom stereocenters. The largest absolute Gasteiger partial charge is 0.320 e. The predicted octanol–water partition coefficient (Wildman–Crippen LogP) is 5.18. The van der Waals surface area contributed by atoms with Crippen LogP contribution in [0.5, 0.6) is 0 Å². The van der Waals surface area contributed by atoms with Crippen LogP contribution in [-0.4, -0.2) is 0 Å². The lowest BCUT2D eigenvalue weighted by molar-refractivity contribution is 0.848. The molecule has 0 aliphatic heterocycles. The van der Waals surface area contributed by atoms with Crippen molar-refractivity contribution in [2.24, 2.45) is 5.73 Å². The van der Waals surface area contributed by atoms with E-state index in [0.29, 0.717) is 0 Å². The van der Waals surface area contributed by atoms with Crippen LogP contribution >= 0.6 is 31.9 Å². The molecule has 0 saturated heterocycles. The highest BCUT2D eigenvalue weighted by Gasteiger charge is 2.15. The van der Waals surface area contributed by atoms with Gasteiger partial charge < -0.3 is 5.73 Å². The highest BCUT2D eigenvalue weighted by molar-refractivity contribution is 9.10. The first kappa shape index (κ1) is 14.8. The fourth-order valence-electron chi connectivity index (χ4n) is 2.27. The number of rotatable bonds is 2. The van der Waals surface area contributed by atoms with Gasteiger partial charge in [0.1, 0.15) is 0 Å². The Morgan fingerprint density at radius 2 is 1.58 bits per heavy atom. The minimum atomic E-state index is -0.0932. The molecule has 0 heterocycles. The minimum absolute atomic E-state index is 0.0932. The highest BCUT2D eigenvalue weighted by atomic mass is 79.9. The molecule has 1 nitrogen and oxygen atoms in total. The monoisotopic (exact) mass is 381 g/mol. The SMILES string of the molecule is Cc1cc(C(N)c2cccc(Br)c2C)c(C)cc1Br. The first-order chi connectivity index (χ1) is 8.91. The molecular weight excluding hydrogens is 366 g/mol. The summed E-state index contributed by atoms with van der Waals surface area (Å²) in [6.07, 6.45) is 0. The molecule has 0 aliphatic carbocycles. The summed E-state index contributed by atoms with van der Waals surface area (Å²) >= 11 is 7.13. The Morgan fingerprint density at radius 1 is 0.895 bits per heavy atom. The van der Waals surface area contributed by atoms with Crippen molar-refractivity contribution in [3.63, 3.8) is 0 Å². The molecule has 0 bridgehead atoms. The Morgan fingerprint density at radius 3 is 2.26 bits per heavy atom. The van der Waals surface area contributed by atoms with Gasteiger partial charge in [0.25, 0.3) is 0 Å². The number of aryl methyl sites for hydroxylation is 2. The molecule has 0 fully saturated rings. The summed E-state index contributed by atoms with van der Waals surface area (Å²) in [5, 5.41) is 0. The van der Waals surface area contributed by atoms with Gasteiger partial charge in [-0.1, -0.05) is 50.1 Å². The van der Waals surface area contributed by atoms with Crippen molar-refractivity contribution in [1.29, 1.82) is 0 Å². The van der Waals surface area contributed by atoms with Crippen LogP contribution in [0.2, 0.25) is 0 Å². The Bertz CT molecular complexity index is 620. The molecule has 0 aromatic heterocycles. The molecule has 0 spiro atoms. The first-order valence-electron chi connectivity index (χ1n) is 6.19. The van der Waals surface area contributed by atoms with Gasteiger partial charge in [0.2, 0.25) is 0 Å². The van der Waals surface area contributed by atoms with Gasteiger partial charge in [-0.3, -0.25) is 0 Å². The zero-order chi connectivity index (χ0) is 14.2. The zero-order valence-corrected chi connectivity index (χ0v) is 14.5. The Labute approximate surface area is 131 Å². The number of hydrogen-bond donors (Lipinski definition) is 1. The van der Waals surface area contributed by atoms with Crippen LogP contribution in [0.4, 0.5) is 0 Å². The Balaban J connectivity index is 2.53. The summed E-state index contributed by atoms with van der Waals surface area (Å²) in [4.78, 5) is 0. The van der Waals surface area contributed by atoms with Crippen molar-refractivity contribution in [2.45, 2.75) is 26.8 Å². The lowest BCUT2D eigenvalue weighted by atomic mass is 9.92. The number of benzene rings is 2. The quantitative estimate of drug-likeness (QED) is 0.760. The van der Waals surface area contributed by atoms with Gasteiger partial charge in [0.05, 0.1) is 6.04 Å². The van der Waals surface area contributed by atoms with Gasteiger partial charge in [-0.15, -0.1) is 0 Å². The summed E-state index contributed by atoms with van der Waals surface area (Å²) in [6.45, 7) is 6.29. The van der Waals surface area contributed by atoms with Crippen molar-refractivity contribution >= 4 is 31.9 Å². The zero-order valence-electron chi connectivity index (χ0n) is 11.3. The maximum absolute atomic E-state index is 6.47. The van der Waals surface area contributed by atoms with E-state index >= 15 is 0 Å². The second kappa shape index (κ2) is 5.78. The fraction of sp³-hybridized carbons (Fsp3) is 0.250. The smallest absolute Gasteiger partial charge is 0.0557 e. The maximum atomic E-state index is 6.47. The van der Waals surface area contributed by atoms with Gasteiger partial charge in [-0.2, -0.15) is 0 Å². The van der Waals surface area contributed by atoms with E-state index in [1.54, 1.807) is 0 Å².